The highest BCUT2D eigenvalue weighted by atomic mass is 32.2. The van der Waals surface area contributed by atoms with Crippen LogP contribution in [0.15, 0.2) is 83.3 Å². The molecule has 7 heteroatoms. The Morgan fingerprint density at radius 1 is 1.14 bits per heavy atom. The van der Waals surface area contributed by atoms with E-state index in [0.29, 0.717) is 29.5 Å². The quantitative estimate of drug-likeness (QED) is 0.157. The lowest BCUT2D eigenvalue weighted by Crippen LogP contribution is -2.23. The van der Waals surface area contributed by atoms with Crippen LogP contribution >= 0.6 is 11.8 Å². The van der Waals surface area contributed by atoms with Crippen molar-refractivity contribution >= 4 is 30.1 Å². The summed E-state index contributed by atoms with van der Waals surface area (Å²) in [5, 5.41) is 2.97. The Balaban J connectivity index is 1.79. The number of aromatic nitrogens is 1. The van der Waals surface area contributed by atoms with Crippen LogP contribution in [0.3, 0.4) is 0 Å². The minimum Gasteiger partial charge on any atom is -0.496 e. The molecule has 0 aliphatic heterocycles. The topological polar surface area (TPSA) is 72.8 Å². The molecule has 0 saturated carbocycles. The van der Waals surface area contributed by atoms with E-state index in [9.17, 15) is 4.79 Å². The van der Waals surface area contributed by atoms with Gasteiger partial charge < -0.3 is 14.8 Å². The van der Waals surface area contributed by atoms with Gasteiger partial charge in [0.05, 0.1) is 31.0 Å². The van der Waals surface area contributed by atoms with Crippen LogP contribution in [0.4, 0.5) is 0 Å². The highest BCUT2D eigenvalue weighted by Crippen LogP contribution is 2.32. The molecule has 0 spiro atoms. The number of carbonyl (C=O) groups is 1. The first-order chi connectivity index (χ1) is 17.0. The van der Waals surface area contributed by atoms with Crippen LogP contribution in [0.25, 0.3) is 16.8 Å². The van der Waals surface area contributed by atoms with Crippen LogP contribution in [-0.2, 0) is 11.3 Å². The van der Waals surface area contributed by atoms with Gasteiger partial charge in [0.15, 0.2) is 0 Å². The Bertz CT molecular complexity index is 1250. The summed E-state index contributed by atoms with van der Waals surface area (Å²) < 4.78 is 10.6. The van der Waals surface area contributed by atoms with Crippen LogP contribution < -0.4 is 10.1 Å². The van der Waals surface area contributed by atoms with E-state index in [1.165, 1.54) is 0 Å². The van der Waals surface area contributed by atoms with Gasteiger partial charge in [0.1, 0.15) is 5.75 Å². The predicted molar refractivity (Wildman–Crippen MR) is 144 cm³/mol. The van der Waals surface area contributed by atoms with Crippen LogP contribution in [0.2, 0.25) is 0 Å². The number of hydrogen-bond acceptors (Lipinski definition) is 6. The molecule has 35 heavy (non-hydrogen) atoms. The number of aryl methyl sites for hydroxylation is 1. The molecular formula is C28H29N3O3S. The van der Waals surface area contributed by atoms with Crippen LogP contribution in [-0.4, -0.2) is 37.8 Å². The van der Waals surface area contributed by atoms with Crippen molar-refractivity contribution in [3.8, 4) is 16.9 Å². The van der Waals surface area contributed by atoms with Gasteiger partial charge in [-0.15, -0.1) is 0 Å². The summed E-state index contributed by atoms with van der Waals surface area (Å²) in [5.74, 6) is 1.07. The second kappa shape index (κ2) is 12.7. The number of benzene rings is 2. The number of nitrogens with one attached hydrogen (secondary N) is 1. The number of methoxy groups -OCH3 is 2. The first-order valence-corrected chi connectivity index (χ1v) is 11.9. The smallest absolute Gasteiger partial charge is 0.251 e. The lowest BCUT2D eigenvalue weighted by Gasteiger charge is -2.12. The number of amides is 1. The zero-order valence-electron chi connectivity index (χ0n) is 20.2. The van der Waals surface area contributed by atoms with Gasteiger partial charge in [0.25, 0.3) is 5.91 Å². The van der Waals surface area contributed by atoms with E-state index < -0.39 is 0 Å². The summed E-state index contributed by atoms with van der Waals surface area (Å²) >= 11 is 1.56. The van der Waals surface area contributed by atoms with Crippen molar-refractivity contribution < 1.29 is 14.3 Å². The zero-order valence-corrected chi connectivity index (χ0v) is 21.0. The van der Waals surface area contributed by atoms with Gasteiger partial charge in [-0.1, -0.05) is 36.5 Å². The number of allylic oxidation sites excluding steroid dienone is 2. The maximum absolute atomic E-state index is 12.8. The van der Waals surface area contributed by atoms with Gasteiger partial charge in [-0.3, -0.25) is 14.8 Å². The number of rotatable bonds is 11. The molecule has 1 heterocycles. The molecule has 1 N–H and O–H groups in total. The summed E-state index contributed by atoms with van der Waals surface area (Å²) in [6.07, 6.45) is 5.18. The summed E-state index contributed by atoms with van der Waals surface area (Å²) in [7, 11) is 3.27. The molecule has 1 aromatic heterocycles. The average molecular weight is 488 g/mol. The molecule has 0 bridgehead atoms. The maximum atomic E-state index is 12.8. The van der Waals surface area contributed by atoms with Crippen LogP contribution in [0, 0.1) is 6.92 Å². The van der Waals surface area contributed by atoms with Gasteiger partial charge in [0, 0.05) is 29.3 Å². The van der Waals surface area contributed by atoms with E-state index >= 15 is 0 Å². The highest BCUT2D eigenvalue weighted by Gasteiger charge is 2.12. The molecule has 0 fully saturated rings. The summed E-state index contributed by atoms with van der Waals surface area (Å²) in [6.45, 7) is 9.73. The van der Waals surface area contributed by atoms with Crippen molar-refractivity contribution in [3.05, 3.63) is 95.8 Å². The fourth-order valence-corrected chi connectivity index (χ4v) is 4.22. The van der Waals surface area contributed by atoms with E-state index in [2.05, 4.69) is 28.6 Å². The molecule has 0 aliphatic carbocycles. The molecule has 0 atom stereocenters. The normalized spacial score (nSPS) is 11.1. The number of thioether (sulfide) groups is 1. The Morgan fingerprint density at radius 3 is 2.66 bits per heavy atom. The fourth-order valence-electron chi connectivity index (χ4n) is 3.47. The van der Waals surface area contributed by atoms with E-state index in [-0.39, 0.29) is 5.91 Å². The van der Waals surface area contributed by atoms with Gasteiger partial charge in [-0.05, 0) is 72.8 Å². The molecule has 1 amide bonds. The maximum Gasteiger partial charge on any atom is 0.251 e. The molecule has 2 aromatic carbocycles. The van der Waals surface area contributed by atoms with E-state index in [4.69, 9.17) is 9.47 Å². The zero-order chi connectivity index (χ0) is 25.2. The van der Waals surface area contributed by atoms with Crippen LogP contribution in [0.1, 0.15) is 27.2 Å². The third-order valence-electron chi connectivity index (χ3n) is 5.28. The van der Waals surface area contributed by atoms with E-state index in [0.717, 1.165) is 32.8 Å². The van der Waals surface area contributed by atoms with Gasteiger partial charge in [0.2, 0.25) is 0 Å². The Hall–Kier alpha value is -3.68. The monoisotopic (exact) mass is 487 g/mol. The minimum absolute atomic E-state index is 0.153. The highest BCUT2D eigenvalue weighted by molar-refractivity contribution is 7.99. The second-order valence-corrected chi connectivity index (χ2v) is 8.57. The standard InChI is InChI=1S/C28H29N3O3S/c1-6-7-25(29-3)24-15-20(10-11-26(24)34-5)21-12-13-30-23(14-21)17-31-28(32)22-9-8-19(2)27(16-22)35-18-33-4/h6-16H,1,3,17-18H2,2,4-5H3,(H,31,32)/b25-7-. The van der Waals surface area contributed by atoms with Crippen LogP contribution in [0.5, 0.6) is 5.75 Å². The molecule has 3 aromatic rings. The van der Waals surface area contributed by atoms with Crippen molar-refractivity contribution in [2.75, 3.05) is 20.2 Å². The molecule has 0 unspecified atom stereocenters. The number of hydrogen-bond donors (Lipinski definition) is 1. The van der Waals surface area contributed by atoms with Crippen molar-refractivity contribution in [3.63, 3.8) is 0 Å². The number of carbonyl (C=O) groups excluding carboxylic acids is 1. The van der Waals surface area contributed by atoms with Gasteiger partial charge in [-0.2, -0.15) is 0 Å². The predicted octanol–water partition coefficient (Wildman–Crippen LogP) is 5.92. The molecular weight excluding hydrogens is 458 g/mol. The average Bonchev–Trinajstić information content (AvgIpc) is 2.89. The van der Waals surface area contributed by atoms with Crippen molar-refractivity contribution in [1.29, 1.82) is 0 Å². The lowest BCUT2D eigenvalue weighted by molar-refractivity contribution is 0.0950. The number of aliphatic imine (C=N–C) groups is 1. The van der Waals surface area contributed by atoms with Crippen molar-refractivity contribution in [2.24, 2.45) is 4.99 Å². The Labute approximate surface area is 210 Å². The largest absolute Gasteiger partial charge is 0.496 e. The van der Waals surface area contributed by atoms with Crippen molar-refractivity contribution in [2.45, 2.75) is 18.4 Å². The molecule has 180 valence electrons. The summed E-state index contributed by atoms with van der Waals surface area (Å²) in [5.41, 5.74) is 5.86. The molecule has 3 rings (SSSR count). The van der Waals surface area contributed by atoms with Gasteiger partial charge in [-0.25, -0.2) is 0 Å². The summed E-state index contributed by atoms with van der Waals surface area (Å²) in [6, 6.07) is 15.4. The number of nitrogens with zero attached hydrogens (tertiary/aromatic N) is 2. The second-order valence-electron chi connectivity index (χ2n) is 7.61. The third kappa shape index (κ3) is 6.68. The van der Waals surface area contributed by atoms with E-state index in [1.54, 1.807) is 44.3 Å². The van der Waals surface area contributed by atoms with E-state index in [1.807, 2.05) is 55.5 Å². The number of pyridine rings is 1. The molecule has 6 nitrogen and oxygen atoms in total. The molecule has 0 aliphatic rings. The third-order valence-corrected chi connectivity index (χ3v) is 6.39. The first-order valence-electron chi connectivity index (χ1n) is 10.9. The Kier molecular flexibility index (Phi) is 9.40. The number of ether oxygens (including phenoxy) is 2. The lowest BCUT2D eigenvalue weighted by atomic mass is 10.0. The van der Waals surface area contributed by atoms with Gasteiger partial charge >= 0.3 is 0 Å². The minimum atomic E-state index is -0.153. The summed E-state index contributed by atoms with van der Waals surface area (Å²) in [4.78, 5) is 22.3. The SMILES string of the molecule is C=C/C=C(\N=C)c1cc(-c2ccnc(CNC(=O)c3ccc(C)c(SCOC)c3)c2)ccc1OC. The Morgan fingerprint density at radius 2 is 1.94 bits per heavy atom. The molecule has 0 saturated heterocycles. The van der Waals surface area contributed by atoms with Crippen molar-refractivity contribution in [1.82, 2.24) is 10.3 Å². The fraction of sp³-hybridized carbons (Fsp3) is 0.179. The first kappa shape index (κ1) is 25.9. The molecule has 0 radical (unpaired) electrons.